The maximum Gasteiger partial charge on any atom is 0.501 e. The Kier molecular flexibility index (Phi) is 32.7. The van der Waals surface area contributed by atoms with Crippen molar-refractivity contribution in [3.05, 3.63) is 0 Å². The van der Waals surface area contributed by atoms with Gasteiger partial charge < -0.3 is 30.2 Å². The second kappa shape index (κ2) is 30.8. The van der Waals surface area contributed by atoms with Crippen LogP contribution >= 0.6 is 0 Å². The number of halogens is 1. The van der Waals surface area contributed by atoms with Crippen LogP contribution in [0.4, 0.5) is 0 Å². The molecular formula is C34H74ClNO3Si. The van der Waals surface area contributed by atoms with Crippen molar-refractivity contribution in [3.63, 3.8) is 0 Å². The predicted octanol–water partition coefficient (Wildman–Crippen LogP) is 7.72. The lowest BCUT2D eigenvalue weighted by atomic mass is 10.1. The first kappa shape index (κ1) is 42.5. The number of quaternary nitrogens is 1. The first-order valence-electron chi connectivity index (χ1n) is 17.8. The quantitative estimate of drug-likeness (QED) is 0.0445. The third-order valence-electron chi connectivity index (χ3n) is 8.38. The van der Waals surface area contributed by atoms with Gasteiger partial charge in [0.05, 0.1) is 26.7 Å². The molecule has 0 bridgehead atoms. The smallest absolute Gasteiger partial charge is 0.501 e. The second-order valence-corrected chi connectivity index (χ2v) is 15.0. The molecule has 0 unspecified atom stereocenters. The third-order valence-corrected chi connectivity index (χ3v) is 11.5. The lowest BCUT2D eigenvalue weighted by Gasteiger charge is -2.36. The summed E-state index contributed by atoms with van der Waals surface area (Å²) in [4.78, 5) is 0. The first-order valence-corrected chi connectivity index (χ1v) is 19.7. The average molecular weight is 609 g/mol. The topological polar surface area (TPSA) is 27.7 Å². The van der Waals surface area contributed by atoms with Crippen LogP contribution in [0.3, 0.4) is 0 Å². The molecule has 0 atom stereocenters. The van der Waals surface area contributed by atoms with Gasteiger partial charge in [0.15, 0.2) is 0 Å². The van der Waals surface area contributed by atoms with Crippen LogP contribution in [0.1, 0.15) is 169 Å². The van der Waals surface area contributed by atoms with Crippen LogP contribution < -0.4 is 12.4 Å². The zero-order valence-corrected chi connectivity index (χ0v) is 30.1. The Labute approximate surface area is 260 Å². The molecule has 0 fully saturated rings. The van der Waals surface area contributed by atoms with Crippen LogP contribution in [0.15, 0.2) is 0 Å². The van der Waals surface area contributed by atoms with E-state index in [1.807, 2.05) is 0 Å². The molecule has 0 radical (unpaired) electrons. The molecule has 0 aliphatic heterocycles. The molecule has 4 nitrogen and oxygen atoms in total. The normalized spacial score (nSPS) is 12.2. The number of unbranched alkanes of at least 4 members (excludes halogenated alkanes) is 18. The summed E-state index contributed by atoms with van der Waals surface area (Å²) in [5.41, 5.74) is 0. The van der Waals surface area contributed by atoms with Crippen molar-refractivity contribution < 1.29 is 30.2 Å². The lowest BCUT2D eigenvalue weighted by Crippen LogP contribution is -3.00. The molecule has 0 aliphatic carbocycles. The summed E-state index contributed by atoms with van der Waals surface area (Å²) in [6, 6.07) is 0.951. The molecule has 0 saturated carbocycles. The third kappa shape index (κ3) is 24.9. The van der Waals surface area contributed by atoms with Gasteiger partial charge in [0.25, 0.3) is 0 Å². The predicted molar refractivity (Wildman–Crippen MR) is 175 cm³/mol. The van der Waals surface area contributed by atoms with Gasteiger partial charge in [-0.25, -0.2) is 0 Å². The van der Waals surface area contributed by atoms with E-state index in [0.717, 1.165) is 12.5 Å². The Morgan fingerprint density at radius 2 is 0.675 bits per heavy atom. The Morgan fingerprint density at radius 3 is 0.975 bits per heavy atom. The van der Waals surface area contributed by atoms with Crippen molar-refractivity contribution in [2.75, 3.05) is 46.5 Å². The van der Waals surface area contributed by atoms with Gasteiger partial charge in [0.2, 0.25) is 0 Å². The fourth-order valence-corrected chi connectivity index (χ4v) is 8.57. The van der Waals surface area contributed by atoms with Gasteiger partial charge in [0.1, 0.15) is 0 Å². The summed E-state index contributed by atoms with van der Waals surface area (Å²) in [5, 5.41) is 0. The van der Waals surface area contributed by atoms with Crippen molar-refractivity contribution in [2.24, 2.45) is 0 Å². The van der Waals surface area contributed by atoms with Crippen molar-refractivity contribution in [3.8, 4) is 0 Å². The second-order valence-electron chi connectivity index (χ2n) is 12.2. The molecule has 244 valence electrons. The molecule has 0 aliphatic rings. The van der Waals surface area contributed by atoms with Gasteiger partial charge in [-0.1, -0.05) is 117 Å². The number of nitrogens with zero attached hydrogens (tertiary/aromatic N) is 1. The van der Waals surface area contributed by atoms with Crippen LogP contribution in [0.25, 0.3) is 0 Å². The van der Waals surface area contributed by atoms with Crippen molar-refractivity contribution in [1.29, 1.82) is 0 Å². The highest BCUT2D eigenvalue weighted by molar-refractivity contribution is 6.60. The minimum absolute atomic E-state index is 0. The van der Waals surface area contributed by atoms with Gasteiger partial charge in [-0.15, -0.1) is 0 Å². The molecule has 0 N–H and O–H groups in total. The molecule has 0 amide bonds. The van der Waals surface area contributed by atoms with Crippen LogP contribution in [0, 0.1) is 0 Å². The molecule has 6 heteroatoms. The van der Waals surface area contributed by atoms with Gasteiger partial charge in [0, 0.05) is 32.3 Å². The van der Waals surface area contributed by atoms with E-state index >= 15 is 0 Å². The van der Waals surface area contributed by atoms with Crippen molar-refractivity contribution in [1.82, 2.24) is 0 Å². The van der Waals surface area contributed by atoms with Gasteiger partial charge in [-0.05, 0) is 46.5 Å². The van der Waals surface area contributed by atoms with E-state index in [0.29, 0.717) is 19.8 Å². The van der Waals surface area contributed by atoms with Crippen LogP contribution in [0.5, 0.6) is 0 Å². The van der Waals surface area contributed by atoms with Crippen LogP contribution in [-0.4, -0.2) is 59.8 Å². The number of hydrogen-bond donors (Lipinski definition) is 0. The van der Waals surface area contributed by atoms with Gasteiger partial charge >= 0.3 is 8.80 Å². The van der Waals surface area contributed by atoms with Crippen molar-refractivity contribution >= 4 is 8.80 Å². The summed E-state index contributed by atoms with van der Waals surface area (Å²) in [6.07, 6.45) is 29.4. The monoisotopic (exact) mass is 608 g/mol. The van der Waals surface area contributed by atoms with Crippen LogP contribution in [-0.2, 0) is 13.3 Å². The summed E-state index contributed by atoms with van der Waals surface area (Å²) in [5.74, 6) is 0. The molecule has 0 aromatic heterocycles. The molecule has 0 rings (SSSR count). The van der Waals surface area contributed by atoms with E-state index in [4.69, 9.17) is 13.3 Å². The van der Waals surface area contributed by atoms with Crippen molar-refractivity contribution in [2.45, 2.75) is 176 Å². The SMILES string of the molecule is CCCCCCCCCCCC[N+](C)(CCCCCCCCCCCC)CCC[Si](OCC)(OCC)OCC.[Cl-]. The Hall–Kier alpha value is 0.347. The van der Waals surface area contributed by atoms with E-state index in [1.54, 1.807) is 0 Å². The van der Waals surface area contributed by atoms with E-state index < -0.39 is 8.80 Å². The highest BCUT2D eigenvalue weighted by Crippen LogP contribution is 2.22. The zero-order valence-electron chi connectivity index (χ0n) is 28.3. The molecule has 0 aromatic carbocycles. The lowest BCUT2D eigenvalue weighted by molar-refractivity contribution is -0.910. The molecule has 40 heavy (non-hydrogen) atoms. The van der Waals surface area contributed by atoms with Crippen LogP contribution in [0.2, 0.25) is 6.04 Å². The Morgan fingerprint density at radius 1 is 0.400 bits per heavy atom. The summed E-state index contributed by atoms with van der Waals surface area (Å²) in [6.45, 7) is 16.7. The number of hydrogen-bond acceptors (Lipinski definition) is 3. The summed E-state index contributed by atoms with van der Waals surface area (Å²) >= 11 is 0. The van der Waals surface area contributed by atoms with E-state index in [-0.39, 0.29) is 12.4 Å². The molecule has 0 heterocycles. The van der Waals surface area contributed by atoms with Gasteiger partial charge in [-0.2, -0.15) is 0 Å². The highest BCUT2D eigenvalue weighted by atomic mass is 35.5. The summed E-state index contributed by atoms with van der Waals surface area (Å²) < 4.78 is 19.7. The highest BCUT2D eigenvalue weighted by Gasteiger charge is 2.40. The average Bonchev–Trinajstić information content (AvgIpc) is 2.91. The first-order chi connectivity index (χ1) is 19.0. The maximum absolute atomic E-state index is 6.15. The maximum atomic E-state index is 6.15. The summed E-state index contributed by atoms with van der Waals surface area (Å²) in [7, 11) is -0.0157. The molecule has 0 saturated heterocycles. The molecule has 0 spiro atoms. The van der Waals surface area contributed by atoms with E-state index in [9.17, 15) is 0 Å². The fourth-order valence-electron chi connectivity index (χ4n) is 5.98. The Balaban J connectivity index is 0. The zero-order chi connectivity index (χ0) is 28.9. The molecular weight excluding hydrogens is 534 g/mol. The fraction of sp³-hybridized carbons (Fsp3) is 1.00. The van der Waals surface area contributed by atoms with Gasteiger partial charge in [-0.3, -0.25) is 0 Å². The van der Waals surface area contributed by atoms with E-state index in [2.05, 4.69) is 41.7 Å². The number of rotatable bonds is 32. The standard InChI is InChI=1S/C34H74NO3Si.ClH/c1-7-12-14-16-18-20-22-24-26-28-31-35(6,32-29-27-25-23-21-19-17-15-13-8-2)33-30-34-39(36-9-3,37-10-4)38-11-5;/h7-34H2,1-6H3;1H/q+1;/p-1. The minimum Gasteiger partial charge on any atom is -1.00 e. The molecule has 0 aromatic rings. The largest absolute Gasteiger partial charge is 1.00 e. The Bertz CT molecular complexity index is 457. The minimum atomic E-state index is -2.54. The van der Waals surface area contributed by atoms with E-state index in [1.165, 1.54) is 153 Å².